The third kappa shape index (κ3) is 6.48. The second kappa shape index (κ2) is 13.1. The monoisotopic (exact) mass is 672 g/mol. The van der Waals surface area contributed by atoms with Gasteiger partial charge in [0.15, 0.2) is 0 Å². The first-order valence-corrected chi connectivity index (χ1v) is 18.4. The molecule has 0 spiro atoms. The van der Waals surface area contributed by atoms with Gasteiger partial charge in [0.25, 0.3) is 6.71 Å². The minimum absolute atomic E-state index is 0.0598. The zero-order chi connectivity index (χ0) is 36.0. The number of aromatic nitrogens is 2. The summed E-state index contributed by atoms with van der Waals surface area (Å²) in [5.74, 6) is 0. The number of aromatic amines is 1. The molecule has 0 radical (unpaired) electrons. The van der Waals surface area contributed by atoms with Crippen molar-refractivity contribution in [1.82, 2.24) is 9.97 Å². The molecule has 0 amide bonds. The lowest BCUT2D eigenvalue weighted by atomic mass is 9.38. The normalized spacial score (nSPS) is 12.0. The smallest absolute Gasteiger partial charge is 0.267 e. The van der Waals surface area contributed by atoms with Gasteiger partial charge in [-0.25, -0.2) is 0 Å². The lowest BCUT2D eigenvalue weighted by molar-refractivity contribution is 0.590. The maximum Gasteiger partial charge on any atom is 0.267 e. The van der Waals surface area contributed by atoms with Crippen molar-refractivity contribution >= 4 is 45.0 Å². The van der Waals surface area contributed by atoms with Crippen LogP contribution in [0.3, 0.4) is 0 Å². The molecular formula is C49H45BN2. The summed E-state index contributed by atoms with van der Waals surface area (Å²) in [6.07, 6.45) is 0. The first-order chi connectivity index (χ1) is 25.0. The summed E-state index contributed by atoms with van der Waals surface area (Å²) in [7, 11) is 0. The van der Waals surface area contributed by atoms with Crippen LogP contribution in [0, 0.1) is 0 Å². The second-order valence-corrected chi connectivity index (χ2v) is 16.2. The lowest BCUT2D eigenvalue weighted by Crippen LogP contribution is -2.53. The van der Waals surface area contributed by atoms with E-state index in [1.165, 1.54) is 55.1 Å². The van der Waals surface area contributed by atoms with E-state index in [1.807, 2.05) is 0 Å². The Morgan fingerprint density at radius 3 is 1.62 bits per heavy atom. The van der Waals surface area contributed by atoms with Crippen LogP contribution in [0.5, 0.6) is 0 Å². The van der Waals surface area contributed by atoms with E-state index >= 15 is 0 Å². The molecule has 6 aromatic carbocycles. The summed E-state index contributed by atoms with van der Waals surface area (Å²) in [5, 5.41) is 2.47. The number of nitrogens with zero attached hydrogens (tertiary/aromatic N) is 1. The number of H-pyrrole nitrogens is 1. The molecule has 1 N–H and O–H groups in total. The molecular weight excluding hydrogens is 627 g/mol. The van der Waals surface area contributed by atoms with Gasteiger partial charge >= 0.3 is 0 Å². The van der Waals surface area contributed by atoms with E-state index < -0.39 is 0 Å². The highest BCUT2D eigenvalue weighted by Crippen LogP contribution is 2.34. The summed E-state index contributed by atoms with van der Waals surface area (Å²) in [6.45, 7) is 13.5. The van der Waals surface area contributed by atoms with Crippen LogP contribution in [0.25, 0.3) is 55.3 Å². The summed E-state index contributed by atoms with van der Waals surface area (Å²) in [5.41, 5.74) is 15.4. The van der Waals surface area contributed by atoms with Crippen LogP contribution in [0.2, 0.25) is 0 Å². The van der Waals surface area contributed by atoms with E-state index in [1.54, 1.807) is 0 Å². The Morgan fingerprint density at radius 2 is 1.00 bits per heavy atom. The number of para-hydroxylation sites is 2. The quantitative estimate of drug-likeness (QED) is 0.175. The Morgan fingerprint density at radius 1 is 0.462 bits per heavy atom. The van der Waals surface area contributed by atoms with Crippen LogP contribution in [0.1, 0.15) is 52.7 Å². The Hall–Kier alpha value is -5.67. The van der Waals surface area contributed by atoms with Gasteiger partial charge in [0.1, 0.15) is 0 Å². The highest BCUT2D eigenvalue weighted by Gasteiger charge is 2.27. The van der Waals surface area contributed by atoms with Crippen LogP contribution in [0.4, 0.5) is 0 Å². The predicted molar refractivity (Wildman–Crippen MR) is 225 cm³/mol. The molecule has 0 aliphatic heterocycles. The average molecular weight is 673 g/mol. The Balaban J connectivity index is 1.29. The van der Waals surface area contributed by atoms with Gasteiger partial charge in [0.2, 0.25) is 0 Å². The van der Waals surface area contributed by atoms with Gasteiger partial charge in [-0.15, -0.1) is 0 Å². The maximum atomic E-state index is 5.51. The van der Waals surface area contributed by atoms with Crippen molar-refractivity contribution in [2.24, 2.45) is 0 Å². The molecule has 0 fully saturated rings. The first-order valence-electron chi connectivity index (χ1n) is 18.4. The van der Waals surface area contributed by atoms with Crippen molar-refractivity contribution in [3.63, 3.8) is 0 Å². The van der Waals surface area contributed by atoms with Crippen LogP contribution in [-0.4, -0.2) is 16.7 Å². The topological polar surface area (TPSA) is 28.7 Å². The summed E-state index contributed by atoms with van der Waals surface area (Å²) < 4.78 is 0. The van der Waals surface area contributed by atoms with Gasteiger partial charge in [0, 0.05) is 33.0 Å². The Kier molecular flexibility index (Phi) is 8.46. The fraction of sp³-hybridized carbons (Fsp3) is 0.163. The van der Waals surface area contributed by atoms with Crippen LogP contribution in [0.15, 0.2) is 158 Å². The van der Waals surface area contributed by atoms with Gasteiger partial charge in [0.05, 0.1) is 5.69 Å². The van der Waals surface area contributed by atoms with Crippen molar-refractivity contribution < 1.29 is 0 Å². The number of fused-ring (bicyclic) bond motifs is 3. The minimum atomic E-state index is -0.0598. The van der Waals surface area contributed by atoms with Crippen LogP contribution < -0.4 is 16.5 Å². The molecule has 0 bridgehead atoms. The molecule has 0 unspecified atom stereocenters. The molecule has 8 aromatic rings. The fourth-order valence-electron chi connectivity index (χ4n) is 7.50. The molecule has 0 aliphatic rings. The lowest BCUT2D eigenvalue weighted by Gasteiger charge is -2.20. The number of benzene rings is 6. The summed E-state index contributed by atoms with van der Waals surface area (Å²) >= 11 is 0. The van der Waals surface area contributed by atoms with E-state index in [4.69, 9.17) is 4.98 Å². The van der Waals surface area contributed by atoms with Crippen LogP contribution in [-0.2, 0) is 10.8 Å². The van der Waals surface area contributed by atoms with Gasteiger partial charge in [-0.2, -0.15) is 0 Å². The molecule has 254 valence electrons. The second-order valence-electron chi connectivity index (χ2n) is 16.2. The van der Waals surface area contributed by atoms with Crippen LogP contribution >= 0.6 is 0 Å². The standard InChI is InChI=1S/C49H45BN2/c1-48(2,3)38-26-22-33(23-27-38)35-30-36(34-24-28-39(29-25-34)49(4,5)6)32-37(31-35)44-20-13-21-46(51-44)50(40-14-8-7-9-15-40)43-18-12-17-42-41-16-10-11-19-45(41)52-47(42)43/h7-32,52H,1-6H3. The molecule has 0 aliphatic carbocycles. The molecule has 2 aromatic heterocycles. The van der Waals surface area contributed by atoms with Crippen molar-refractivity contribution in [3.05, 3.63) is 169 Å². The number of pyridine rings is 1. The first kappa shape index (κ1) is 33.5. The third-order valence-electron chi connectivity index (χ3n) is 10.5. The van der Waals surface area contributed by atoms with Gasteiger partial charge in [-0.3, -0.25) is 4.98 Å². The highest BCUT2D eigenvalue weighted by atomic mass is 14.7. The van der Waals surface area contributed by atoms with E-state index in [-0.39, 0.29) is 17.5 Å². The molecule has 0 saturated carbocycles. The third-order valence-corrected chi connectivity index (χ3v) is 10.5. The van der Waals surface area contributed by atoms with Crippen molar-refractivity contribution in [2.45, 2.75) is 52.4 Å². The molecule has 2 heterocycles. The highest BCUT2D eigenvalue weighted by molar-refractivity contribution is 6.96. The summed E-state index contributed by atoms with van der Waals surface area (Å²) in [4.78, 5) is 9.27. The van der Waals surface area contributed by atoms with Gasteiger partial charge in [-0.1, -0.05) is 168 Å². The van der Waals surface area contributed by atoms with E-state index in [0.29, 0.717) is 0 Å². The molecule has 0 atom stereocenters. The molecule has 3 heteroatoms. The zero-order valence-corrected chi connectivity index (χ0v) is 31.0. The minimum Gasteiger partial charge on any atom is -0.355 e. The molecule has 52 heavy (non-hydrogen) atoms. The predicted octanol–water partition coefficient (Wildman–Crippen LogP) is 10.8. The molecule has 8 rings (SSSR count). The Bertz CT molecular complexity index is 2440. The summed E-state index contributed by atoms with van der Waals surface area (Å²) in [6, 6.07) is 57.6. The maximum absolute atomic E-state index is 5.51. The number of rotatable bonds is 6. The molecule has 0 saturated heterocycles. The van der Waals surface area contributed by atoms with E-state index in [2.05, 4.69) is 204 Å². The fourth-order valence-corrected chi connectivity index (χ4v) is 7.50. The van der Waals surface area contributed by atoms with Crippen molar-refractivity contribution in [2.75, 3.05) is 0 Å². The number of nitrogens with one attached hydrogen (secondary N) is 1. The Labute approximate surface area is 308 Å². The molecule has 2 nitrogen and oxygen atoms in total. The SMILES string of the molecule is CC(C)(C)c1ccc(-c2cc(-c3ccc(C(C)(C)C)cc3)cc(-c3cccc(B(c4ccccc4)c4cccc5c4[nH]c4ccccc45)n3)c2)cc1. The number of hydrogen-bond acceptors (Lipinski definition) is 1. The van der Waals surface area contributed by atoms with Gasteiger partial charge in [-0.05, 0) is 86.1 Å². The average Bonchev–Trinajstić information content (AvgIpc) is 3.54. The van der Waals surface area contributed by atoms with E-state index in [0.717, 1.165) is 27.9 Å². The number of hydrogen-bond donors (Lipinski definition) is 1. The largest absolute Gasteiger partial charge is 0.355 e. The van der Waals surface area contributed by atoms with Gasteiger partial charge < -0.3 is 4.98 Å². The van der Waals surface area contributed by atoms with Crippen molar-refractivity contribution in [3.8, 4) is 33.5 Å². The van der Waals surface area contributed by atoms with E-state index in [9.17, 15) is 0 Å². The van der Waals surface area contributed by atoms with Crippen molar-refractivity contribution in [1.29, 1.82) is 0 Å². The zero-order valence-electron chi connectivity index (χ0n) is 31.0.